The van der Waals surface area contributed by atoms with Crippen LogP contribution in [0, 0.1) is 13.8 Å². The molecule has 2 aromatic carbocycles. The van der Waals surface area contributed by atoms with Gasteiger partial charge in [0, 0.05) is 17.3 Å². The molecule has 3 atom stereocenters. The zero-order valence-electron chi connectivity index (χ0n) is 19.4. The lowest BCUT2D eigenvalue weighted by molar-refractivity contribution is -0.135. The minimum absolute atomic E-state index is 0.0767. The van der Waals surface area contributed by atoms with E-state index >= 15 is 0 Å². The monoisotopic (exact) mass is 449 g/mol. The van der Waals surface area contributed by atoms with Crippen molar-refractivity contribution in [3.05, 3.63) is 59.2 Å². The van der Waals surface area contributed by atoms with Gasteiger partial charge in [-0.1, -0.05) is 18.9 Å². The lowest BCUT2D eigenvalue weighted by atomic mass is 9.84. The molecule has 0 aromatic heterocycles. The minimum atomic E-state index is -0.857. The number of aryl methyl sites for hydroxylation is 2. The summed E-state index contributed by atoms with van der Waals surface area (Å²) in [5.74, 6) is -0.131. The fourth-order valence-electron chi connectivity index (χ4n) is 5.05. The zero-order chi connectivity index (χ0) is 23.5. The topological polar surface area (TPSA) is 87.7 Å². The average Bonchev–Trinajstić information content (AvgIpc) is 2.78. The van der Waals surface area contributed by atoms with Crippen LogP contribution in [0.2, 0.25) is 0 Å². The van der Waals surface area contributed by atoms with Crippen LogP contribution >= 0.6 is 0 Å². The number of fused-ring (bicyclic) bond motifs is 1. The standard InChI is InChI=1S/C26H31N3O4/c1-16-12-17(2)14-19(13-16)27-24(30)15-23-25(31)28-21-6-4-5-7-22(21)29(23)26(32)18-8-10-20(33-3)11-9-18/h8-14,21-23H,4-7,15H2,1-3H3,(H,27,30)(H,28,31)/t21-,22-,23+/m0/s1. The van der Waals surface area contributed by atoms with Crippen LogP contribution in [-0.4, -0.2) is 47.9 Å². The van der Waals surface area contributed by atoms with Crippen LogP contribution in [0.3, 0.4) is 0 Å². The van der Waals surface area contributed by atoms with E-state index in [0.717, 1.165) is 36.8 Å². The van der Waals surface area contributed by atoms with Gasteiger partial charge >= 0.3 is 0 Å². The predicted octanol–water partition coefficient (Wildman–Crippen LogP) is 3.59. The lowest BCUT2D eigenvalue weighted by Crippen LogP contribution is -2.68. The Labute approximate surface area is 194 Å². The molecule has 7 heteroatoms. The van der Waals surface area contributed by atoms with E-state index in [9.17, 15) is 14.4 Å². The maximum absolute atomic E-state index is 13.6. The van der Waals surface area contributed by atoms with E-state index in [0.29, 0.717) is 17.0 Å². The normalized spacial score (nSPS) is 22.2. The first-order valence-corrected chi connectivity index (χ1v) is 11.5. The Kier molecular flexibility index (Phi) is 6.67. The first-order chi connectivity index (χ1) is 15.9. The Morgan fingerprint density at radius 2 is 1.73 bits per heavy atom. The van der Waals surface area contributed by atoms with Crippen molar-refractivity contribution < 1.29 is 19.1 Å². The third kappa shape index (κ3) is 5.02. The second kappa shape index (κ2) is 9.65. The second-order valence-electron chi connectivity index (χ2n) is 9.05. The van der Waals surface area contributed by atoms with Gasteiger partial charge in [-0.3, -0.25) is 14.4 Å². The first kappa shape index (κ1) is 22.8. The summed E-state index contributed by atoms with van der Waals surface area (Å²) in [5.41, 5.74) is 3.26. The molecule has 2 fully saturated rings. The summed E-state index contributed by atoms with van der Waals surface area (Å²) in [5, 5.41) is 5.98. The maximum atomic E-state index is 13.6. The van der Waals surface area contributed by atoms with Gasteiger partial charge in [0.15, 0.2) is 0 Å². The average molecular weight is 450 g/mol. The largest absolute Gasteiger partial charge is 0.497 e. The second-order valence-corrected chi connectivity index (χ2v) is 9.05. The van der Waals surface area contributed by atoms with E-state index < -0.39 is 6.04 Å². The van der Waals surface area contributed by atoms with Gasteiger partial charge < -0.3 is 20.3 Å². The molecule has 33 heavy (non-hydrogen) atoms. The molecule has 3 amide bonds. The Bertz CT molecular complexity index is 1030. The minimum Gasteiger partial charge on any atom is -0.497 e. The summed E-state index contributed by atoms with van der Waals surface area (Å²) < 4.78 is 5.20. The lowest BCUT2D eigenvalue weighted by Gasteiger charge is -2.48. The third-order valence-corrected chi connectivity index (χ3v) is 6.51. The summed E-state index contributed by atoms with van der Waals surface area (Å²) in [7, 11) is 1.57. The fraction of sp³-hybridized carbons (Fsp3) is 0.423. The van der Waals surface area contributed by atoms with Crippen molar-refractivity contribution in [3.8, 4) is 5.75 Å². The Hall–Kier alpha value is -3.35. The summed E-state index contributed by atoms with van der Waals surface area (Å²) in [4.78, 5) is 41.3. The number of methoxy groups -OCH3 is 1. The van der Waals surface area contributed by atoms with Crippen LogP contribution in [-0.2, 0) is 9.59 Å². The molecule has 4 rings (SSSR count). The molecule has 1 saturated heterocycles. The molecule has 2 N–H and O–H groups in total. The van der Waals surface area contributed by atoms with Gasteiger partial charge in [-0.2, -0.15) is 0 Å². The molecule has 174 valence electrons. The molecule has 0 bridgehead atoms. The summed E-state index contributed by atoms with van der Waals surface area (Å²) in [6.07, 6.45) is 3.56. The molecule has 0 radical (unpaired) electrons. The van der Waals surface area contributed by atoms with Crippen LogP contribution in [0.1, 0.15) is 53.6 Å². The molecule has 1 heterocycles. The molecular weight excluding hydrogens is 418 g/mol. The molecule has 1 aliphatic heterocycles. The highest BCUT2D eigenvalue weighted by atomic mass is 16.5. The molecule has 2 aliphatic rings. The number of anilines is 1. The predicted molar refractivity (Wildman–Crippen MR) is 126 cm³/mol. The highest BCUT2D eigenvalue weighted by Gasteiger charge is 2.46. The van der Waals surface area contributed by atoms with Crippen LogP contribution in [0.5, 0.6) is 5.75 Å². The smallest absolute Gasteiger partial charge is 0.254 e. The van der Waals surface area contributed by atoms with Crippen LogP contribution in [0.15, 0.2) is 42.5 Å². The Morgan fingerprint density at radius 3 is 2.39 bits per heavy atom. The van der Waals surface area contributed by atoms with Crippen molar-refractivity contribution in [2.75, 3.05) is 12.4 Å². The number of carbonyl (C=O) groups is 3. The van der Waals surface area contributed by atoms with Gasteiger partial charge in [0.1, 0.15) is 11.8 Å². The van der Waals surface area contributed by atoms with Crippen LogP contribution in [0.25, 0.3) is 0 Å². The Balaban J connectivity index is 1.59. The van der Waals surface area contributed by atoms with Crippen LogP contribution < -0.4 is 15.4 Å². The molecule has 2 aromatic rings. The van der Waals surface area contributed by atoms with E-state index in [-0.39, 0.29) is 36.2 Å². The maximum Gasteiger partial charge on any atom is 0.254 e. The number of benzene rings is 2. The van der Waals surface area contributed by atoms with E-state index in [1.807, 2.05) is 32.0 Å². The van der Waals surface area contributed by atoms with Crippen molar-refractivity contribution >= 4 is 23.4 Å². The number of rotatable bonds is 5. The molecule has 1 aliphatic carbocycles. The van der Waals surface area contributed by atoms with Gasteiger partial charge in [-0.05, 0) is 74.2 Å². The van der Waals surface area contributed by atoms with Crippen molar-refractivity contribution in [1.29, 1.82) is 0 Å². The number of hydrogen-bond acceptors (Lipinski definition) is 4. The van der Waals surface area contributed by atoms with E-state index in [1.165, 1.54) is 0 Å². The summed E-state index contributed by atoms with van der Waals surface area (Å²) >= 11 is 0. The van der Waals surface area contributed by atoms with Gasteiger partial charge in [0.05, 0.1) is 19.6 Å². The number of piperazine rings is 1. The van der Waals surface area contributed by atoms with Crippen molar-refractivity contribution in [1.82, 2.24) is 10.2 Å². The van der Waals surface area contributed by atoms with Gasteiger partial charge in [0.25, 0.3) is 5.91 Å². The molecular formula is C26H31N3O4. The van der Waals surface area contributed by atoms with Gasteiger partial charge in [-0.25, -0.2) is 0 Å². The number of nitrogens with one attached hydrogen (secondary N) is 2. The fourth-order valence-corrected chi connectivity index (χ4v) is 5.05. The summed E-state index contributed by atoms with van der Waals surface area (Å²) in [6.45, 7) is 3.94. The number of amides is 3. The van der Waals surface area contributed by atoms with Crippen LogP contribution in [0.4, 0.5) is 5.69 Å². The number of carbonyl (C=O) groups excluding carboxylic acids is 3. The number of nitrogens with zero attached hydrogens (tertiary/aromatic N) is 1. The highest BCUT2D eigenvalue weighted by Crippen LogP contribution is 2.31. The molecule has 7 nitrogen and oxygen atoms in total. The zero-order valence-corrected chi connectivity index (χ0v) is 19.4. The van der Waals surface area contributed by atoms with Gasteiger partial charge in [-0.15, -0.1) is 0 Å². The molecule has 0 spiro atoms. The molecule has 1 saturated carbocycles. The third-order valence-electron chi connectivity index (χ3n) is 6.51. The first-order valence-electron chi connectivity index (χ1n) is 11.5. The van der Waals surface area contributed by atoms with Crippen molar-refractivity contribution in [3.63, 3.8) is 0 Å². The number of ether oxygens (including phenoxy) is 1. The quantitative estimate of drug-likeness (QED) is 0.730. The van der Waals surface area contributed by atoms with Crippen molar-refractivity contribution in [2.24, 2.45) is 0 Å². The highest BCUT2D eigenvalue weighted by molar-refractivity contribution is 6.01. The number of hydrogen-bond donors (Lipinski definition) is 2. The van der Waals surface area contributed by atoms with E-state index in [4.69, 9.17) is 4.74 Å². The van der Waals surface area contributed by atoms with Crippen molar-refractivity contribution in [2.45, 2.75) is 64.1 Å². The van der Waals surface area contributed by atoms with Gasteiger partial charge in [0.2, 0.25) is 11.8 Å². The molecule has 0 unspecified atom stereocenters. The SMILES string of the molecule is COc1ccc(C(=O)N2[C@H](CC(=O)Nc3cc(C)cc(C)c3)C(=O)N[C@H]3CCCC[C@@H]32)cc1. The van der Waals surface area contributed by atoms with E-state index in [1.54, 1.807) is 36.3 Å². The summed E-state index contributed by atoms with van der Waals surface area (Å²) in [6, 6.07) is 11.6. The Morgan fingerprint density at radius 1 is 1.06 bits per heavy atom. The van der Waals surface area contributed by atoms with E-state index in [2.05, 4.69) is 10.6 Å².